The van der Waals surface area contributed by atoms with Crippen LogP contribution in [0.25, 0.3) is 11.4 Å². The maximum Gasteiger partial charge on any atom is 0.263 e. The van der Waals surface area contributed by atoms with Crippen molar-refractivity contribution < 1.29 is 22.5 Å². The molecular formula is C21H22N4O5S. The number of ether oxygens (including phenoxy) is 1. The summed E-state index contributed by atoms with van der Waals surface area (Å²) in [6.45, 7) is 3.43. The molecule has 1 N–H and O–H groups in total. The molecule has 2 heterocycles. The number of amides is 1. The highest BCUT2D eigenvalue weighted by Crippen LogP contribution is 2.35. The van der Waals surface area contributed by atoms with Gasteiger partial charge in [-0.1, -0.05) is 47.1 Å². The molecule has 31 heavy (non-hydrogen) atoms. The Kier molecular flexibility index (Phi) is 5.64. The summed E-state index contributed by atoms with van der Waals surface area (Å²) >= 11 is 0. The van der Waals surface area contributed by atoms with Crippen molar-refractivity contribution in [2.45, 2.75) is 26.5 Å². The Bertz CT molecular complexity index is 1190. The molecule has 0 unspecified atom stereocenters. The molecule has 1 aromatic heterocycles. The van der Waals surface area contributed by atoms with Crippen LogP contribution >= 0.6 is 0 Å². The molecule has 0 fully saturated rings. The van der Waals surface area contributed by atoms with E-state index in [9.17, 15) is 13.2 Å². The highest BCUT2D eigenvalue weighted by molar-refractivity contribution is 7.92. The summed E-state index contributed by atoms with van der Waals surface area (Å²) in [5, 5.41) is 6.62. The number of hydrogen-bond donors (Lipinski definition) is 1. The lowest BCUT2D eigenvalue weighted by Crippen LogP contribution is -2.50. The van der Waals surface area contributed by atoms with Crippen LogP contribution in [0.5, 0.6) is 5.75 Å². The summed E-state index contributed by atoms with van der Waals surface area (Å²) in [6, 6.07) is 14.4. The van der Waals surface area contributed by atoms with E-state index in [1.165, 1.54) is 4.31 Å². The number of hydrogen-bond acceptors (Lipinski definition) is 7. The number of fused-ring (bicyclic) bond motifs is 1. The van der Waals surface area contributed by atoms with Crippen LogP contribution in [-0.4, -0.2) is 42.9 Å². The number of rotatable bonds is 6. The molecule has 0 saturated carbocycles. The van der Waals surface area contributed by atoms with Crippen molar-refractivity contribution in [3.63, 3.8) is 0 Å². The lowest BCUT2D eigenvalue weighted by Gasteiger charge is -2.34. The first kappa shape index (κ1) is 20.9. The van der Waals surface area contributed by atoms with Gasteiger partial charge in [0.15, 0.2) is 6.10 Å². The van der Waals surface area contributed by atoms with Crippen LogP contribution in [0.4, 0.5) is 5.69 Å². The lowest BCUT2D eigenvalue weighted by molar-refractivity contribution is -0.128. The summed E-state index contributed by atoms with van der Waals surface area (Å²) in [5.41, 5.74) is 2.35. The van der Waals surface area contributed by atoms with Crippen molar-refractivity contribution in [1.29, 1.82) is 0 Å². The number of aromatic nitrogens is 2. The monoisotopic (exact) mass is 442 g/mol. The van der Waals surface area contributed by atoms with Gasteiger partial charge >= 0.3 is 0 Å². The van der Waals surface area contributed by atoms with Gasteiger partial charge < -0.3 is 14.6 Å². The van der Waals surface area contributed by atoms with E-state index in [1.54, 1.807) is 31.2 Å². The topological polar surface area (TPSA) is 115 Å². The van der Waals surface area contributed by atoms with Crippen molar-refractivity contribution in [2.24, 2.45) is 0 Å². The Morgan fingerprint density at radius 2 is 1.94 bits per heavy atom. The van der Waals surface area contributed by atoms with Gasteiger partial charge in [-0.25, -0.2) is 8.42 Å². The molecular weight excluding hydrogens is 420 g/mol. The molecule has 0 bridgehead atoms. The summed E-state index contributed by atoms with van der Waals surface area (Å²) < 4.78 is 37.2. The van der Waals surface area contributed by atoms with Gasteiger partial charge in [0.2, 0.25) is 21.7 Å². The van der Waals surface area contributed by atoms with Gasteiger partial charge in [0.05, 0.1) is 24.5 Å². The molecule has 0 aliphatic carbocycles. The van der Waals surface area contributed by atoms with E-state index in [4.69, 9.17) is 9.26 Å². The average Bonchev–Trinajstić information content (AvgIpc) is 3.26. The zero-order chi connectivity index (χ0) is 22.0. The molecule has 9 nitrogen and oxygen atoms in total. The molecule has 2 aromatic carbocycles. The van der Waals surface area contributed by atoms with Crippen LogP contribution in [0.3, 0.4) is 0 Å². The molecule has 4 rings (SSSR count). The number of nitrogens with zero attached hydrogens (tertiary/aromatic N) is 3. The van der Waals surface area contributed by atoms with Crippen molar-refractivity contribution >= 4 is 21.6 Å². The van der Waals surface area contributed by atoms with E-state index in [2.05, 4.69) is 15.5 Å². The van der Waals surface area contributed by atoms with Crippen LogP contribution in [0.2, 0.25) is 0 Å². The summed E-state index contributed by atoms with van der Waals surface area (Å²) in [5.74, 6) is 0.441. The third kappa shape index (κ3) is 4.38. The van der Waals surface area contributed by atoms with E-state index < -0.39 is 22.0 Å². The first-order valence-corrected chi connectivity index (χ1v) is 11.4. The van der Waals surface area contributed by atoms with Crippen LogP contribution in [0, 0.1) is 6.92 Å². The normalized spacial score (nSPS) is 15.8. The quantitative estimate of drug-likeness (QED) is 0.623. The number of aryl methyl sites for hydroxylation is 1. The van der Waals surface area contributed by atoms with E-state index in [-0.39, 0.29) is 24.7 Å². The van der Waals surface area contributed by atoms with Crippen LogP contribution in [0.15, 0.2) is 53.1 Å². The van der Waals surface area contributed by atoms with Crippen molar-refractivity contribution in [3.05, 3.63) is 60.0 Å². The van der Waals surface area contributed by atoms with Crippen LogP contribution in [-0.2, 0) is 21.4 Å². The van der Waals surface area contributed by atoms with Gasteiger partial charge in [-0.2, -0.15) is 4.98 Å². The second kappa shape index (κ2) is 8.38. The molecule has 0 spiro atoms. The number of benzene rings is 2. The van der Waals surface area contributed by atoms with E-state index in [0.717, 1.165) is 11.1 Å². The minimum absolute atomic E-state index is 0.000269. The predicted molar refractivity (Wildman–Crippen MR) is 114 cm³/mol. The molecule has 1 amide bonds. The van der Waals surface area contributed by atoms with Crippen molar-refractivity contribution in [2.75, 3.05) is 16.6 Å². The largest absolute Gasteiger partial charge is 0.476 e. The first-order valence-electron chi connectivity index (χ1n) is 9.81. The fraction of sp³-hybridized carbons (Fsp3) is 0.286. The molecule has 0 radical (unpaired) electrons. The molecule has 162 valence electrons. The summed E-state index contributed by atoms with van der Waals surface area (Å²) in [6.07, 6.45) is -1.00. The second-order valence-corrected chi connectivity index (χ2v) is 9.28. The molecule has 1 aliphatic heterocycles. The zero-order valence-electron chi connectivity index (χ0n) is 17.1. The molecule has 1 atom stereocenters. The van der Waals surface area contributed by atoms with Crippen molar-refractivity contribution in [3.8, 4) is 17.1 Å². The lowest BCUT2D eigenvalue weighted by atomic mass is 10.1. The maximum atomic E-state index is 12.7. The standard InChI is InChI=1S/C21H22N4O5S/c1-3-31(27,28)25-13-18(29-17-7-5-4-6-16(17)25)21(26)22-12-19-23-20(24-30-19)15-10-8-14(2)9-11-15/h4-11,18H,3,12-13H2,1-2H3,(H,22,26)/t18-/m1/s1. The maximum absolute atomic E-state index is 12.7. The Labute approximate surface area is 180 Å². The SMILES string of the molecule is CCS(=O)(=O)N1C[C@H](C(=O)NCc2nc(-c3ccc(C)cc3)no2)Oc2ccccc21. The zero-order valence-corrected chi connectivity index (χ0v) is 17.9. The molecule has 1 aliphatic rings. The number of sulfonamides is 1. The first-order chi connectivity index (χ1) is 14.9. The number of anilines is 1. The van der Waals surface area contributed by atoms with E-state index in [0.29, 0.717) is 17.3 Å². The summed E-state index contributed by atoms with van der Waals surface area (Å²) in [4.78, 5) is 17.0. The van der Waals surface area contributed by atoms with E-state index >= 15 is 0 Å². The minimum atomic E-state index is -3.57. The van der Waals surface area contributed by atoms with Crippen LogP contribution < -0.4 is 14.4 Å². The average molecular weight is 442 g/mol. The minimum Gasteiger partial charge on any atom is -0.476 e. The Morgan fingerprint density at radius 3 is 2.68 bits per heavy atom. The number of carbonyl (C=O) groups excluding carboxylic acids is 1. The number of para-hydroxylation sites is 2. The number of carbonyl (C=O) groups is 1. The van der Waals surface area contributed by atoms with E-state index in [1.807, 2.05) is 31.2 Å². The second-order valence-electron chi connectivity index (χ2n) is 7.10. The van der Waals surface area contributed by atoms with Gasteiger partial charge in [-0.15, -0.1) is 0 Å². The fourth-order valence-corrected chi connectivity index (χ4v) is 4.31. The van der Waals surface area contributed by atoms with Gasteiger partial charge in [0, 0.05) is 5.56 Å². The van der Waals surface area contributed by atoms with Gasteiger partial charge in [-0.3, -0.25) is 9.10 Å². The van der Waals surface area contributed by atoms with Gasteiger partial charge in [-0.05, 0) is 26.0 Å². The van der Waals surface area contributed by atoms with Crippen LogP contribution in [0.1, 0.15) is 18.4 Å². The Morgan fingerprint density at radius 1 is 1.19 bits per heavy atom. The molecule has 10 heteroatoms. The summed E-state index contributed by atoms with van der Waals surface area (Å²) in [7, 11) is -3.57. The third-order valence-corrected chi connectivity index (χ3v) is 6.67. The fourth-order valence-electron chi connectivity index (χ4n) is 3.18. The predicted octanol–water partition coefficient (Wildman–Crippen LogP) is 2.28. The van der Waals surface area contributed by atoms with Gasteiger partial charge in [0.25, 0.3) is 5.91 Å². The highest BCUT2D eigenvalue weighted by atomic mass is 32.2. The highest BCUT2D eigenvalue weighted by Gasteiger charge is 2.35. The van der Waals surface area contributed by atoms with Gasteiger partial charge in [0.1, 0.15) is 5.75 Å². The molecule has 0 saturated heterocycles. The smallest absolute Gasteiger partial charge is 0.263 e. The molecule has 3 aromatic rings. The Balaban J connectivity index is 1.45. The Hall–Kier alpha value is -3.40. The number of nitrogens with one attached hydrogen (secondary N) is 1. The third-order valence-electron chi connectivity index (χ3n) is 4.92. The van der Waals surface area contributed by atoms with Crippen molar-refractivity contribution in [1.82, 2.24) is 15.5 Å².